The third-order valence-electron chi connectivity index (χ3n) is 14.5. The zero-order chi connectivity index (χ0) is 55.9. The average Bonchev–Trinajstić information content (AvgIpc) is 3.40. The van der Waals surface area contributed by atoms with Crippen molar-refractivity contribution in [3.63, 3.8) is 0 Å². The minimum absolute atomic E-state index is 0.802. The topological polar surface area (TPSA) is 606 Å². The van der Waals surface area contributed by atoms with Crippen molar-refractivity contribution in [1.82, 2.24) is 0 Å². The first kappa shape index (κ1) is 62.0. The SMILES string of the molecule is C=C(CC(=O)[C@]1(CO)O[C@H](OC2[C@@H](CO)O[C@@H](OC3[C@@H](CO)O[C@@H](O)[C@H](N)[C@H]3O)[C@H](N)[C@H]2O)[C@H](N)[C@@H](O)[C@@H]1O)C(=O)[C@]1(CO)O[C@H](OC2[C@@H](CO)O[C@@H](OC3[C@@H](CO)O[C@@H](O)[C@H](N)[C@H]3O)[C@H](N)[C@H]2O)[C@H](N)[C@@H](O)[C@@H]1O. The Balaban J connectivity index is 1.16. The van der Waals surface area contributed by atoms with Gasteiger partial charge in [-0.15, -0.1) is 0 Å². The van der Waals surface area contributed by atoms with E-state index in [0.717, 1.165) is 0 Å². The fraction of sp³-hybridized carbons (Fsp3) is 0.902. The summed E-state index contributed by atoms with van der Waals surface area (Å²) in [6, 6.07) is -9.83. The number of ether oxygens (including phenoxy) is 10. The van der Waals surface area contributed by atoms with E-state index in [0.29, 0.717) is 0 Å². The second-order valence-electron chi connectivity index (χ2n) is 19.2. The summed E-state index contributed by atoms with van der Waals surface area (Å²) in [7, 11) is 0. The highest BCUT2D eigenvalue weighted by molar-refractivity contribution is 6.07. The standard InChI is InChI=1S/C41H72N6O28/c1-9(31(61)41(8-53)33(63)26(60)20(47)39(75-41)73-30-13(6-51)69-37(18(45)24(30)58)71-28-11(4-49)67-35(65)16(43)22(28)56)2-14(54)40(7-52)32(62)25(59)19(46)38(74-40)72-29-12(5-50)68-36(17(44)23(29)57)70-27-10(3-48)66-34(64)15(42)21(27)55/h10-13,15-30,32-39,48-53,55-60,62-65H,1-8,42-47H2/t10-,11-,12-,13-,15-,16-,17-,18-,19-,20-,21-,22-,23-,24-,25-,26-,27?,28?,29?,30?,32+,33+,34-,35-,36+,37+,38+,39+,40+,41+/m1/s1. The first-order valence-corrected chi connectivity index (χ1v) is 23.6. The number of hydrogen-bond donors (Lipinski definition) is 22. The molecule has 34 heteroatoms. The summed E-state index contributed by atoms with van der Waals surface area (Å²) in [6.45, 7) is -3.05. The molecule has 0 aliphatic carbocycles. The van der Waals surface area contributed by atoms with Gasteiger partial charge in [-0.25, -0.2) is 0 Å². The molecule has 75 heavy (non-hydrogen) atoms. The molecule has 0 saturated carbocycles. The van der Waals surface area contributed by atoms with Crippen LogP contribution >= 0.6 is 0 Å². The molecule has 6 heterocycles. The van der Waals surface area contributed by atoms with Gasteiger partial charge in [-0.1, -0.05) is 6.58 Å². The van der Waals surface area contributed by atoms with Gasteiger partial charge in [-0.05, 0) is 5.57 Å². The van der Waals surface area contributed by atoms with Crippen LogP contribution in [0.25, 0.3) is 0 Å². The molecule has 6 saturated heterocycles. The summed E-state index contributed by atoms with van der Waals surface area (Å²) >= 11 is 0. The van der Waals surface area contributed by atoms with E-state index in [2.05, 4.69) is 6.58 Å². The summed E-state index contributed by atoms with van der Waals surface area (Å²) < 4.78 is 56.4. The van der Waals surface area contributed by atoms with Crippen LogP contribution in [0, 0.1) is 0 Å². The van der Waals surface area contributed by atoms with Crippen molar-refractivity contribution in [3.8, 4) is 0 Å². The first-order chi connectivity index (χ1) is 35.2. The minimum Gasteiger partial charge on any atom is -0.394 e. The van der Waals surface area contributed by atoms with E-state index in [9.17, 15) is 91.3 Å². The number of hydrogen-bond acceptors (Lipinski definition) is 34. The van der Waals surface area contributed by atoms with E-state index in [-0.39, 0.29) is 0 Å². The van der Waals surface area contributed by atoms with Crippen molar-refractivity contribution in [2.75, 3.05) is 39.6 Å². The number of rotatable bonds is 19. The number of aliphatic hydroxyl groups is 16. The van der Waals surface area contributed by atoms with Crippen LogP contribution in [0.2, 0.25) is 0 Å². The number of carbonyl (C=O) groups excluding carboxylic acids is 2. The quantitative estimate of drug-likeness (QED) is 0.0534. The first-order valence-electron chi connectivity index (χ1n) is 23.6. The molecule has 0 aromatic carbocycles. The molecule has 4 unspecified atom stereocenters. The number of ketones is 2. The highest BCUT2D eigenvalue weighted by atomic mass is 16.8. The molecule has 0 amide bonds. The van der Waals surface area contributed by atoms with Gasteiger partial charge in [0.15, 0.2) is 60.5 Å². The molecule has 6 aliphatic rings. The molecular formula is C41H72N6O28. The van der Waals surface area contributed by atoms with E-state index < -0.39 is 246 Å². The lowest BCUT2D eigenvalue weighted by Gasteiger charge is -2.51. The lowest BCUT2D eigenvalue weighted by molar-refractivity contribution is -0.355. The summed E-state index contributed by atoms with van der Waals surface area (Å²) in [5.74, 6) is -2.99. The highest BCUT2D eigenvalue weighted by Gasteiger charge is 2.62. The van der Waals surface area contributed by atoms with Crippen LogP contribution in [0.4, 0.5) is 0 Å². The Bertz CT molecular complexity index is 1920. The molecule has 0 aromatic rings. The Morgan fingerprint density at radius 2 is 0.720 bits per heavy atom. The fourth-order valence-electron chi connectivity index (χ4n) is 9.72. The predicted octanol–water partition coefficient (Wildman–Crippen LogP) is -15.5. The third kappa shape index (κ3) is 11.6. The average molecular weight is 1100 g/mol. The van der Waals surface area contributed by atoms with Gasteiger partial charge in [0.05, 0.1) is 75.9 Å². The number of carbonyl (C=O) groups is 2. The van der Waals surface area contributed by atoms with Crippen LogP contribution in [0.1, 0.15) is 6.42 Å². The predicted molar refractivity (Wildman–Crippen MR) is 236 cm³/mol. The third-order valence-corrected chi connectivity index (χ3v) is 14.5. The largest absolute Gasteiger partial charge is 0.394 e. The summed E-state index contributed by atoms with van der Waals surface area (Å²) in [5.41, 5.74) is 29.3. The summed E-state index contributed by atoms with van der Waals surface area (Å²) in [4.78, 5) is 28.6. The zero-order valence-electron chi connectivity index (χ0n) is 39.8. The zero-order valence-corrected chi connectivity index (χ0v) is 39.8. The van der Waals surface area contributed by atoms with Crippen molar-refractivity contribution in [2.24, 2.45) is 34.4 Å². The molecule has 30 atom stereocenters. The number of aliphatic hydroxyl groups excluding tert-OH is 16. The molecule has 434 valence electrons. The molecular weight excluding hydrogens is 1020 g/mol. The van der Waals surface area contributed by atoms with Crippen molar-refractivity contribution in [1.29, 1.82) is 0 Å². The second kappa shape index (κ2) is 25.1. The van der Waals surface area contributed by atoms with Gasteiger partial charge < -0.3 is 163 Å². The molecule has 6 fully saturated rings. The van der Waals surface area contributed by atoms with Gasteiger partial charge in [-0.3, -0.25) is 9.59 Å². The van der Waals surface area contributed by atoms with Crippen molar-refractivity contribution < 1.29 is 139 Å². The molecule has 0 aromatic heterocycles. The Morgan fingerprint density at radius 1 is 0.427 bits per heavy atom. The monoisotopic (exact) mass is 1100 g/mol. The Hall–Kier alpha value is -2.20. The normalized spacial score (nSPS) is 50.8. The second-order valence-corrected chi connectivity index (χ2v) is 19.2. The lowest BCUT2D eigenvalue weighted by Crippen LogP contribution is -2.73. The van der Waals surface area contributed by atoms with Crippen LogP contribution in [-0.2, 0) is 57.0 Å². The van der Waals surface area contributed by atoms with Gasteiger partial charge in [0.1, 0.15) is 97.7 Å². The highest BCUT2D eigenvalue weighted by Crippen LogP contribution is 2.39. The van der Waals surface area contributed by atoms with E-state index in [4.69, 9.17) is 81.8 Å². The maximum Gasteiger partial charge on any atom is 0.195 e. The molecule has 34 nitrogen and oxygen atoms in total. The van der Waals surface area contributed by atoms with Gasteiger partial charge in [0.2, 0.25) is 0 Å². The fourth-order valence-corrected chi connectivity index (χ4v) is 9.72. The number of Topliss-reactive ketones (excluding diaryl/α,β-unsaturated/α-hetero) is 2. The molecule has 28 N–H and O–H groups in total. The molecule has 6 rings (SSSR count). The van der Waals surface area contributed by atoms with Gasteiger partial charge in [0, 0.05) is 6.42 Å². The van der Waals surface area contributed by atoms with Crippen LogP contribution in [0.15, 0.2) is 12.2 Å². The van der Waals surface area contributed by atoms with E-state index in [1.165, 1.54) is 0 Å². The lowest BCUT2D eigenvalue weighted by atomic mass is 9.77. The van der Waals surface area contributed by atoms with Crippen molar-refractivity contribution in [3.05, 3.63) is 12.2 Å². The molecule has 0 bridgehead atoms. The van der Waals surface area contributed by atoms with Crippen molar-refractivity contribution in [2.45, 2.75) is 189 Å². The smallest absolute Gasteiger partial charge is 0.195 e. The van der Waals surface area contributed by atoms with Gasteiger partial charge >= 0.3 is 0 Å². The summed E-state index contributed by atoms with van der Waals surface area (Å²) in [5, 5.41) is 171. The molecule has 0 spiro atoms. The van der Waals surface area contributed by atoms with Gasteiger partial charge in [-0.2, -0.15) is 0 Å². The molecule has 0 radical (unpaired) electrons. The van der Waals surface area contributed by atoms with Gasteiger partial charge in [0.25, 0.3) is 0 Å². The van der Waals surface area contributed by atoms with Crippen LogP contribution in [0.5, 0.6) is 0 Å². The summed E-state index contributed by atoms with van der Waals surface area (Å²) in [6.07, 6.45) is -41.6. The maximum absolute atomic E-state index is 14.3. The maximum atomic E-state index is 14.3. The van der Waals surface area contributed by atoms with Crippen LogP contribution in [0.3, 0.4) is 0 Å². The van der Waals surface area contributed by atoms with Crippen LogP contribution in [-0.4, -0.2) is 316 Å². The van der Waals surface area contributed by atoms with E-state index >= 15 is 0 Å². The minimum atomic E-state index is -3.03. The molecule has 6 aliphatic heterocycles. The Morgan fingerprint density at radius 3 is 1.07 bits per heavy atom. The van der Waals surface area contributed by atoms with E-state index in [1.807, 2.05) is 0 Å². The Kier molecular flexibility index (Phi) is 20.7. The van der Waals surface area contributed by atoms with Crippen molar-refractivity contribution >= 4 is 11.6 Å². The Labute approximate surface area is 425 Å². The number of nitrogens with two attached hydrogens (primary N) is 6. The van der Waals surface area contributed by atoms with Crippen LogP contribution < -0.4 is 34.4 Å². The van der Waals surface area contributed by atoms with E-state index in [1.54, 1.807) is 0 Å².